The molecule has 0 aliphatic carbocycles. The summed E-state index contributed by atoms with van der Waals surface area (Å²) in [5, 5.41) is 73.4. The lowest BCUT2D eigenvalue weighted by molar-refractivity contribution is -0.385. The Morgan fingerprint density at radius 1 is 0.389 bits per heavy atom. The number of urea groups is 3. The van der Waals surface area contributed by atoms with Gasteiger partial charge in [0, 0.05) is 29.6 Å². The van der Waals surface area contributed by atoms with E-state index in [1.807, 2.05) is 5.32 Å². The molecule has 9 N–H and O–H groups in total. The number of aromatic hydroxyl groups is 3. The number of alkyl halides is 9. The standard InChI is InChI=1S/3C14H10F3N3O4/c15-14(16,17)8-1-3-9(4-2-8)18-13(22)19-11-6-5-10(20(23)24)7-12(11)21;15-14(16,17)8-2-1-3-9(6-8)18-13(22)19-11-5-4-10(20(23)24)7-12(11)21;15-14(16,17)9-3-1-2-4-10(9)18-13(22)19-11-6-5-8(20(23)24)7-12(11)21/h3*1-7,21H,(H2,18,19,22). The number of hydrogen-bond acceptors (Lipinski definition) is 12. The van der Waals surface area contributed by atoms with Crippen LogP contribution in [0.3, 0.4) is 0 Å². The molecule has 6 amide bonds. The maximum atomic E-state index is 12.8. The molecule has 72 heavy (non-hydrogen) atoms. The minimum atomic E-state index is -4.65. The van der Waals surface area contributed by atoms with Crippen LogP contribution in [0.5, 0.6) is 17.2 Å². The topological polar surface area (TPSA) is 314 Å². The Kier molecular flexibility index (Phi) is 17.4. The van der Waals surface area contributed by atoms with E-state index < -0.39 is 96.7 Å². The van der Waals surface area contributed by atoms with Crippen molar-refractivity contribution >= 4 is 69.3 Å². The lowest BCUT2D eigenvalue weighted by Gasteiger charge is -2.14. The minimum Gasteiger partial charge on any atom is -0.506 e. The summed E-state index contributed by atoms with van der Waals surface area (Å²) < 4.78 is 114. The number of nitrogens with zero attached hydrogens (tertiary/aromatic N) is 3. The van der Waals surface area contributed by atoms with E-state index in [-0.39, 0.29) is 39.8 Å². The van der Waals surface area contributed by atoms with Crippen LogP contribution < -0.4 is 31.9 Å². The van der Waals surface area contributed by atoms with Gasteiger partial charge in [0.25, 0.3) is 17.1 Å². The van der Waals surface area contributed by atoms with Crippen molar-refractivity contribution in [2.24, 2.45) is 0 Å². The summed E-state index contributed by atoms with van der Waals surface area (Å²) in [7, 11) is 0. The second kappa shape index (κ2) is 22.9. The molecule has 21 nitrogen and oxygen atoms in total. The number of anilines is 6. The van der Waals surface area contributed by atoms with Gasteiger partial charge in [-0.05, 0) is 72.8 Å². The van der Waals surface area contributed by atoms with Crippen LogP contribution in [0.15, 0.2) is 127 Å². The van der Waals surface area contributed by atoms with Crippen molar-refractivity contribution in [2.75, 3.05) is 31.9 Å². The number of rotatable bonds is 9. The van der Waals surface area contributed by atoms with E-state index >= 15 is 0 Å². The van der Waals surface area contributed by atoms with Crippen LogP contribution in [-0.4, -0.2) is 48.2 Å². The molecular formula is C42H30F9N9O12. The first kappa shape index (κ1) is 54.7. The molecule has 378 valence electrons. The molecular weight excluding hydrogens is 993 g/mol. The van der Waals surface area contributed by atoms with Gasteiger partial charge in [0.2, 0.25) is 0 Å². The number of nitrogens with one attached hydrogen (secondary N) is 6. The Hall–Kier alpha value is -9.90. The van der Waals surface area contributed by atoms with Gasteiger partial charge in [0.05, 0.1) is 72.4 Å². The predicted molar refractivity (Wildman–Crippen MR) is 237 cm³/mol. The number of amides is 6. The number of para-hydroxylation sites is 1. The van der Waals surface area contributed by atoms with E-state index in [1.54, 1.807) is 0 Å². The molecule has 6 aromatic carbocycles. The third-order valence-electron chi connectivity index (χ3n) is 8.72. The summed E-state index contributed by atoms with van der Waals surface area (Å²) in [5.74, 6) is -1.67. The second-order valence-electron chi connectivity index (χ2n) is 13.8. The lowest BCUT2D eigenvalue weighted by atomic mass is 10.1. The Morgan fingerprint density at radius 3 is 1.14 bits per heavy atom. The number of phenolic OH excluding ortho intramolecular Hbond substituents is 3. The normalized spacial score (nSPS) is 11.0. The number of nitro groups is 3. The Bertz CT molecular complexity index is 2990. The third kappa shape index (κ3) is 16.1. The van der Waals surface area contributed by atoms with Crippen LogP contribution in [0, 0.1) is 30.3 Å². The van der Waals surface area contributed by atoms with Crippen molar-refractivity contribution in [1.29, 1.82) is 0 Å². The van der Waals surface area contributed by atoms with Crippen molar-refractivity contribution in [2.45, 2.75) is 18.5 Å². The van der Waals surface area contributed by atoms with Crippen molar-refractivity contribution in [1.82, 2.24) is 0 Å². The molecule has 0 fully saturated rings. The highest BCUT2D eigenvalue weighted by atomic mass is 19.4. The fraction of sp³-hybridized carbons (Fsp3) is 0.0714. The van der Waals surface area contributed by atoms with Crippen LogP contribution in [0.2, 0.25) is 0 Å². The summed E-state index contributed by atoms with van der Waals surface area (Å²) in [5.41, 5.74) is -4.86. The molecule has 30 heteroatoms. The molecule has 0 saturated heterocycles. The fourth-order valence-corrected chi connectivity index (χ4v) is 5.42. The van der Waals surface area contributed by atoms with Gasteiger partial charge < -0.3 is 47.2 Å². The van der Waals surface area contributed by atoms with Crippen LogP contribution >= 0.6 is 0 Å². The molecule has 0 aliphatic heterocycles. The highest BCUT2D eigenvalue weighted by molar-refractivity contribution is 6.02. The quantitative estimate of drug-likeness (QED) is 0.0283. The molecule has 0 saturated carbocycles. The first-order chi connectivity index (χ1) is 33.5. The van der Waals surface area contributed by atoms with Crippen LogP contribution in [0.25, 0.3) is 0 Å². The number of carbonyl (C=O) groups excluding carboxylic acids is 3. The maximum Gasteiger partial charge on any atom is 0.418 e. The largest absolute Gasteiger partial charge is 0.506 e. The molecule has 0 aromatic heterocycles. The second-order valence-corrected chi connectivity index (χ2v) is 13.8. The lowest BCUT2D eigenvalue weighted by Crippen LogP contribution is -2.21. The van der Waals surface area contributed by atoms with E-state index in [4.69, 9.17) is 0 Å². The van der Waals surface area contributed by atoms with Gasteiger partial charge in [-0.2, -0.15) is 39.5 Å². The SMILES string of the molecule is O=C(Nc1ccc(C(F)(F)F)cc1)Nc1ccc([N+](=O)[O-])cc1O.O=C(Nc1ccc([N+](=O)[O-])cc1O)Nc1ccccc1C(F)(F)F.O=C(Nc1cccc(C(F)(F)F)c1)Nc1ccc([N+](=O)[O-])cc1O. The molecule has 0 heterocycles. The molecule has 0 radical (unpaired) electrons. The highest BCUT2D eigenvalue weighted by Crippen LogP contribution is 2.36. The molecule has 0 bridgehead atoms. The van der Waals surface area contributed by atoms with Gasteiger partial charge in [0.15, 0.2) is 0 Å². The molecule has 0 aliphatic rings. The van der Waals surface area contributed by atoms with Crippen molar-refractivity contribution < 1.29 is 84.0 Å². The van der Waals surface area contributed by atoms with Gasteiger partial charge in [-0.3, -0.25) is 30.3 Å². The summed E-state index contributed by atoms with van der Waals surface area (Å²) in [4.78, 5) is 64.7. The minimum absolute atomic E-state index is 0.0926. The summed E-state index contributed by atoms with van der Waals surface area (Å²) in [6, 6.07) is 18.2. The summed E-state index contributed by atoms with van der Waals surface area (Å²) >= 11 is 0. The predicted octanol–water partition coefficient (Wildman–Crippen LogP) is 11.9. The Morgan fingerprint density at radius 2 is 0.764 bits per heavy atom. The molecule has 0 unspecified atom stereocenters. The van der Waals surface area contributed by atoms with Crippen molar-refractivity contribution in [3.63, 3.8) is 0 Å². The first-order valence-electron chi connectivity index (χ1n) is 19.2. The number of carbonyl (C=O) groups is 3. The monoisotopic (exact) mass is 1020 g/mol. The third-order valence-corrected chi connectivity index (χ3v) is 8.72. The molecule has 6 rings (SSSR count). The maximum absolute atomic E-state index is 12.8. The average molecular weight is 1020 g/mol. The van der Waals surface area contributed by atoms with Gasteiger partial charge in [-0.15, -0.1) is 0 Å². The highest BCUT2D eigenvalue weighted by Gasteiger charge is 2.34. The number of benzene rings is 6. The van der Waals surface area contributed by atoms with Gasteiger partial charge in [0.1, 0.15) is 17.2 Å². The zero-order chi connectivity index (χ0) is 53.7. The van der Waals surface area contributed by atoms with Crippen LogP contribution in [0.1, 0.15) is 16.7 Å². The fourth-order valence-electron chi connectivity index (χ4n) is 5.42. The summed E-state index contributed by atoms with van der Waals surface area (Å²) in [6.45, 7) is 0. The van der Waals surface area contributed by atoms with E-state index in [2.05, 4.69) is 26.6 Å². The smallest absolute Gasteiger partial charge is 0.418 e. The van der Waals surface area contributed by atoms with E-state index in [0.717, 1.165) is 109 Å². The molecule has 6 aromatic rings. The molecule has 0 atom stereocenters. The van der Waals surface area contributed by atoms with Crippen molar-refractivity contribution in [3.8, 4) is 17.2 Å². The van der Waals surface area contributed by atoms with E-state index in [1.165, 1.54) is 18.2 Å². The van der Waals surface area contributed by atoms with Crippen LogP contribution in [0.4, 0.5) is 105 Å². The van der Waals surface area contributed by atoms with E-state index in [9.17, 15) is 99.6 Å². The van der Waals surface area contributed by atoms with Gasteiger partial charge >= 0.3 is 36.6 Å². The molecule has 0 spiro atoms. The van der Waals surface area contributed by atoms with Crippen molar-refractivity contribution in [3.05, 3.63) is 174 Å². The number of hydrogen-bond donors (Lipinski definition) is 9. The zero-order valence-electron chi connectivity index (χ0n) is 35.4. The Labute approximate surface area is 395 Å². The Balaban J connectivity index is 0.000000234. The zero-order valence-corrected chi connectivity index (χ0v) is 35.4. The van der Waals surface area contributed by atoms with Gasteiger partial charge in [-0.25, -0.2) is 14.4 Å². The number of non-ortho nitro benzene ring substituents is 3. The average Bonchev–Trinajstić information content (AvgIpc) is 3.28. The number of nitro benzene ring substituents is 3. The van der Waals surface area contributed by atoms with E-state index in [0.29, 0.717) is 0 Å². The number of phenols is 3. The van der Waals surface area contributed by atoms with Crippen LogP contribution in [-0.2, 0) is 18.5 Å². The summed E-state index contributed by atoms with van der Waals surface area (Å²) in [6.07, 6.45) is -13.7. The van der Waals surface area contributed by atoms with Gasteiger partial charge in [-0.1, -0.05) is 18.2 Å². The first-order valence-corrected chi connectivity index (χ1v) is 19.2. The number of halogens is 9.